The second-order valence-corrected chi connectivity index (χ2v) is 35.8. The van der Waals surface area contributed by atoms with Crippen LogP contribution in [-0.2, 0) is 0 Å². The van der Waals surface area contributed by atoms with Crippen LogP contribution in [0.15, 0.2) is 420 Å². The Bertz CT molecular complexity index is 9380. The summed E-state index contributed by atoms with van der Waals surface area (Å²) in [5.74, 6) is 0. The molecule has 126 heavy (non-hydrogen) atoms. The highest BCUT2D eigenvalue weighted by Crippen LogP contribution is 2.50. The maximum absolute atomic E-state index is 6.46. The number of rotatable bonds is 7. The average molecular weight is 1660 g/mol. The van der Waals surface area contributed by atoms with Crippen LogP contribution < -0.4 is 0 Å². The number of nitrogens with zero attached hydrogens (tertiary/aromatic N) is 3. The van der Waals surface area contributed by atoms with Crippen molar-refractivity contribution >= 4 is 225 Å². The van der Waals surface area contributed by atoms with E-state index in [4.69, 9.17) is 28.2 Å². The van der Waals surface area contributed by atoms with E-state index in [2.05, 4.69) is 382 Å². The first-order chi connectivity index (χ1) is 62.4. The average Bonchev–Trinajstić information content (AvgIpc) is 1.52. The first-order valence-electron chi connectivity index (χ1n) is 42.5. The van der Waals surface area contributed by atoms with Crippen molar-refractivity contribution in [3.8, 4) is 78.4 Å². The lowest BCUT2D eigenvalue weighted by atomic mass is 9.95. The molecule has 0 aliphatic carbocycles. The predicted octanol–water partition coefficient (Wildman–Crippen LogP) is 34.6. The largest absolute Gasteiger partial charge is 0.456 e. The van der Waals surface area contributed by atoms with Gasteiger partial charge in [0.15, 0.2) is 0 Å². The molecule has 9 heteroatoms. The SMILES string of the molecule is c1ccc(-c2cc(-c3ccc4c(c3)oc3ccccc34)nc3c2ccc2sc4cc5ccccc5cc4c23)cc1.c1ccc(-c2cc(-c3cccc(-c4cccc5c4sc4ccccc45)c3)nc3c2ccc2oc4cc5ccccc5cc4c23)cc1.c1ccc(-c2nc(-c3cccc4c3oc3ccccc34)cc3c2ccc2sc4cc5ccccc5cc4c23)cc1. The fourth-order valence-electron chi connectivity index (χ4n) is 19.4. The van der Waals surface area contributed by atoms with Crippen molar-refractivity contribution in [3.05, 3.63) is 406 Å². The summed E-state index contributed by atoms with van der Waals surface area (Å²) in [4.78, 5) is 16.2. The molecule has 0 N–H and O–H groups in total. The molecule has 9 heterocycles. The van der Waals surface area contributed by atoms with Gasteiger partial charge in [0.1, 0.15) is 33.5 Å². The fourth-order valence-corrected chi connectivity index (χ4v) is 22.9. The van der Waals surface area contributed by atoms with E-state index in [-0.39, 0.29) is 0 Å². The van der Waals surface area contributed by atoms with Crippen LogP contribution in [0.25, 0.3) is 270 Å². The Morgan fingerprint density at radius 2 is 0.643 bits per heavy atom. The highest BCUT2D eigenvalue weighted by Gasteiger charge is 2.24. The third-order valence-electron chi connectivity index (χ3n) is 25.3. The van der Waals surface area contributed by atoms with Crippen molar-refractivity contribution in [1.82, 2.24) is 15.0 Å². The standard InChI is InChI=1S/C43H25NOS.2C37H21NOS/c1-2-10-26(11-3-1)35-25-37(30-15-8-14-29(22-30)31-17-9-18-34-32-16-6-7-19-40(32)46-43(31)34)44-42-33(35)20-21-38-41(42)36-23-27-12-4-5-13-28(27)24-39(36)45-38;1-2-9-22(10-3-1)36-26-17-18-33-35(30-19-23-11-4-5-12-24(23)20-34(30)40-33)29(26)21-31(38-36)28-15-8-14-27-25-13-6-7-16-32(25)39-37(27)28;1-2-8-22(9-3-1)29-21-31(25-14-15-27-26-12-6-7-13-32(26)39-33(27)19-25)38-37-28(29)16-17-34-36(37)30-18-23-10-4-5-11-24(23)20-35(30)40-34/h1-25H;2*1-21H. The molecule has 0 radical (unpaired) electrons. The molecule has 0 aliphatic heterocycles. The molecule has 0 spiro atoms. The van der Waals surface area contributed by atoms with Gasteiger partial charge in [0.2, 0.25) is 0 Å². The molecular weight excluding hydrogens is 1590 g/mol. The number of aromatic nitrogens is 3. The van der Waals surface area contributed by atoms with Gasteiger partial charge in [-0.3, -0.25) is 0 Å². The predicted molar refractivity (Wildman–Crippen MR) is 536 cm³/mol. The van der Waals surface area contributed by atoms with Gasteiger partial charge in [-0.1, -0.05) is 285 Å². The second-order valence-electron chi connectivity index (χ2n) is 32.6. The van der Waals surface area contributed by atoms with E-state index < -0.39 is 0 Å². The van der Waals surface area contributed by atoms with Crippen LogP contribution >= 0.6 is 34.0 Å². The third kappa shape index (κ3) is 11.8. The van der Waals surface area contributed by atoms with Crippen molar-refractivity contribution in [1.29, 1.82) is 0 Å². The van der Waals surface area contributed by atoms with Crippen LogP contribution in [0.5, 0.6) is 0 Å². The summed E-state index contributed by atoms with van der Waals surface area (Å²) in [5.41, 5.74) is 22.5. The normalized spacial score (nSPS) is 12.0. The minimum Gasteiger partial charge on any atom is -0.456 e. The summed E-state index contributed by atoms with van der Waals surface area (Å²) >= 11 is 5.57. The van der Waals surface area contributed by atoms with Crippen molar-refractivity contribution in [2.24, 2.45) is 0 Å². The Balaban J connectivity index is 0.000000101. The molecule has 6 nitrogen and oxygen atoms in total. The Morgan fingerprint density at radius 3 is 1.32 bits per heavy atom. The molecule has 0 fully saturated rings. The summed E-state index contributed by atoms with van der Waals surface area (Å²) in [5, 5.41) is 26.4. The molecule has 0 bridgehead atoms. The van der Waals surface area contributed by atoms with Gasteiger partial charge in [-0.05, 0) is 192 Å². The monoisotopic (exact) mass is 1660 g/mol. The molecule has 0 aliphatic rings. The Hall–Kier alpha value is -15.8. The van der Waals surface area contributed by atoms with Gasteiger partial charge in [0, 0.05) is 126 Å². The number of hydrogen-bond donors (Lipinski definition) is 0. The van der Waals surface area contributed by atoms with Crippen molar-refractivity contribution in [3.63, 3.8) is 0 Å². The molecule has 19 aromatic carbocycles. The molecule has 28 aromatic rings. The zero-order valence-electron chi connectivity index (χ0n) is 67.5. The van der Waals surface area contributed by atoms with Crippen LogP contribution in [-0.4, -0.2) is 15.0 Å². The van der Waals surface area contributed by atoms with Crippen LogP contribution in [0.2, 0.25) is 0 Å². The zero-order valence-corrected chi connectivity index (χ0v) is 69.9. The maximum atomic E-state index is 6.46. The molecule has 0 unspecified atom stereocenters. The number of pyridine rings is 3. The van der Waals surface area contributed by atoms with Crippen LogP contribution in [0.3, 0.4) is 0 Å². The number of benzene rings is 19. The third-order valence-corrected chi connectivity index (χ3v) is 28.8. The molecular formula is C117H67N3O3S3. The van der Waals surface area contributed by atoms with E-state index in [0.29, 0.717) is 0 Å². The van der Waals surface area contributed by atoms with Gasteiger partial charge in [-0.2, -0.15) is 0 Å². The zero-order chi connectivity index (χ0) is 82.6. The number of para-hydroxylation sites is 3. The topological polar surface area (TPSA) is 78.1 Å². The summed E-state index contributed by atoms with van der Waals surface area (Å²) in [6.45, 7) is 0. The van der Waals surface area contributed by atoms with Gasteiger partial charge < -0.3 is 13.3 Å². The van der Waals surface area contributed by atoms with Crippen molar-refractivity contribution in [2.45, 2.75) is 0 Å². The van der Waals surface area contributed by atoms with E-state index >= 15 is 0 Å². The first kappa shape index (κ1) is 71.9. The van der Waals surface area contributed by atoms with E-state index in [9.17, 15) is 0 Å². The summed E-state index contributed by atoms with van der Waals surface area (Å²) < 4.78 is 26.9. The van der Waals surface area contributed by atoms with Gasteiger partial charge in [-0.15, -0.1) is 34.0 Å². The van der Waals surface area contributed by atoms with E-state index in [1.165, 1.54) is 131 Å². The minimum absolute atomic E-state index is 0.853. The second kappa shape index (κ2) is 29.0. The summed E-state index contributed by atoms with van der Waals surface area (Å²) in [6.07, 6.45) is 0. The molecule has 0 amide bonds. The number of hydrogen-bond acceptors (Lipinski definition) is 9. The van der Waals surface area contributed by atoms with Crippen molar-refractivity contribution < 1.29 is 13.3 Å². The highest BCUT2D eigenvalue weighted by molar-refractivity contribution is 7.27. The summed E-state index contributed by atoms with van der Waals surface area (Å²) in [7, 11) is 0. The quantitative estimate of drug-likeness (QED) is 0.158. The van der Waals surface area contributed by atoms with E-state index in [0.717, 1.165) is 138 Å². The lowest BCUT2D eigenvalue weighted by Crippen LogP contribution is -1.92. The van der Waals surface area contributed by atoms with Crippen LogP contribution in [0, 0.1) is 0 Å². The summed E-state index contributed by atoms with van der Waals surface area (Å²) in [6, 6.07) is 145. The van der Waals surface area contributed by atoms with E-state index in [1.807, 2.05) is 58.3 Å². The Kier molecular flexibility index (Phi) is 16.5. The molecule has 586 valence electrons. The molecule has 0 atom stereocenters. The van der Waals surface area contributed by atoms with Gasteiger partial charge in [-0.25, -0.2) is 15.0 Å². The Morgan fingerprint density at radius 1 is 0.183 bits per heavy atom. The number of furan rings is 3. The van der Waals surface area contributed by atoms with Crippen molar-refractivity contribution in [2.75, 3.05) is 0 Å². The van der Waals surface area contributed by atoms with Crippen LogP contribution in [0.1, 0.15) is 0 Å². The maximum Gasteiger partial charge on any atom is 0.144 e. The number of fused-ring (bicyclic) bond motifs is 27. The lowest BCUT2D eigenvalue weighted by Gasteiger charge is -2.12. The Labute approximate surface area is 732 Å². The highest BCUT2D eigenvalue weighted by atomic mass is 32.1. The molecule has 28 rings (SSSR count). The smallest absolute Gasteiger partial charge is 0.144 e. The molecule has 0 saturated carbocycles. The lowest BCUT2D eigenvalue weighted by molar-refractivity contribution is 0.669. The fraction of sp³-hybridized carbons (Fsp3) is 0. The first-order valence-corrected chi connectivity index (χ1v) is 44.9. The van der Waals surface area contributed by atoms with E-state index in [1.54, 1.807) is 0 Å². The molecule has 0 saturated heterocycles. The van der Waals surface area contributed by atoms with Gasteiger partial charge in [0.25, 0.3) is 0 Å². The number of thiophene rings is 3. The minimum atomic E-state index is 0.853. The van der Waals surface area contributed by atoms with Gasteiger partial charge in [0.05, 0.1) is 39.2 Å². The van der Waals surface area contributed by atoms with Gasteiger partial charge >= 0.3 is 0 Å². The van der Waals surface area contributed by atoms with Crippen LogP contribution in [0.4, 0.5) is 0 Å². The molecule has 9 aromatic heterocycles.